The fraction of sp³-hybridized carbons (Fsp3) is 0.500. The van der Waals surface area contributed by atoms with Crippen molar-refractivity contribution in [1.29, 1.82) is 0 Å². The van der Waals surface area contributed by atoms with Crippen LogP contribution in [0.5, 0.6) is 0 Å². The standard InChI is InChI=1S/C38H48N6O5S/c1-8-27-24(12-10-16-39-27)33-26-20-38(6,7)22-48-35(46)28-13-11-17-44(42-28)34(45)29(41-36(47)49-37(3,4)5)19-32-40-30(21-50-32)23-14-15-31(25(26)18-23)43(33)9-2/h10,12,14-16,18,21,28-29,42H,8-9,11,13,17,19-20,22H2,1-7H3,(H,41,47)/t28-,29-/m0/s1. The van der Waals surface area contributed by atoms with Gasteiger partial charge in [-0.25, -0.2) is 15.2 Å². The number of amides is 2. The van der Waals surface area contributed by atoms with Crippen LogP contribution in [0.15, 0.2) is 41.9 Å². The third kappa shape index (κ3) is 7.56. The summed E-state index contributed by atoms with van der Waals surface area (Å²) in [4.78, 5) is 50.1. The number of benzene rings is 1. The van der Waals surface area contributed by atoms with E-state index in [0.29, 0.717) is 30.8 Å². The second-order valence-corrected chi connectivity index (χ2v) is 15.9. The average molecular weight is 701 g/mol. The molecule has 2 N–H and O–H groups in total. The Labute approximate surface area is 297 Å². The number of hydrogen-bond acceptors (Lipinski definition) is 9. The lowest BCUT2D eigenvalue weighted by molar-refractivity contribution is -0.155. The number of hydrogen-bond donors (Lipinski definition) is 2. The number of alkyl carbamates (subject to hydrolysis) is 1. The normalized spacial score (nSPS) is 19.9. The van der Waals surface area contributed by atoms with Crippen LogP contribution in [0.3, 0.4) is 0 Å². The second-order valence-electron chi connectivity index (χ2n) is 14.9. The number of esters is 1. The predicted octanol–water partition coefficient (Wildman–Crippen LogP) is 6.47. The second kappa shape index (κ2) is 14.1. The van der Waals surface area contributed by atoms with Crippen LogP contribution in [-0.4, -0.2) is 68.4 Å². The molecule has 0 radical (unpaired) electrons. The van der Waals surface area contributed by atoms with Crippen molar-refractivity contribution in [3.05, 3.63) is 58.2 Å². The number of nitrogens with one attached hydrogen (secondary N) is 2. The van der Waals surface area contributed by atoms with Crippen LogP contribution < -0.4 is 10.7 Å². The van der Waals surface area contributed by atoms with Crippen LogP contribution in [0.25, 0.3) is 33.4 Å². The van der Waals surface area contributed by atoms with Crippen molar-refractivity contribution in [2.24, 2.45) is 5.41 Å². The number of carbonyl (C=O) groups excluding carboxylic acids is 3. The van der Waals surface area contributed by atoms with E-state index in [1.807, 2.05) is 17.6 Å². The van der Waals surface area contributed by atoms with Gasteiger partial charge in [0.05, 0.1) is 23.0 Å². The number of carbonyl (C=O) groups is 3. The molecule has 6 rings (SSSR count). The highest BCUT2D eigenvalue weighted by molar-refractivity contribution is 7.10. The number of ether oxygens (including phenoxy) is 2. The number of fused-ring (bicyclic) bond motifs is 6. The minimum atomic E-state index is -0.966. The van der Waals surface area contributed by atoms with Crippen molar-refractivity contribution < 1.29 is 23.9 Å². The lowest BCUT2D eigenvalue weighted by Gasteiger charge is -2.35. The summed E-state index contributed by atoms with van der Waals surface area (Å²) in [5.41, 5.74) is 9.26. The number of nitrogens with zero attached hydrogens (tertiary/aromatic N) is 4. The van der Waals surface area contributed by atoms with E-state index in [-0.39, 0.29) is 18.9 Å². The maximum Gasteiger partial charge on any atom is 0.408 e. The number of thiazole rings is 1. The van der Waals surface area contributed by atoms with Crippen molar-refractivity contribution in [2.45, 2.75) is 105 Å². The van der Waals surface area contributed by atoms with Gasteiger partial charge in [0.25, 0.3) is 5.91 Å². The molecule has 1 fully saturated rings. The van der Waals surface area contributed by atoms with Crippen LogP contribution in [0, 0.1) is 5.41 Å². The van der Waals surface area contributed by atoms with Gasteiger partial charge in [-0.05, 0) is 83.2 Å². The van der Waals surface area contributed by atoms with Gasteiger partial charge in [-0.15, -0.1) is 11.3 Å². The Morgan fingerprint density at radius 2 is 2.00 bits per heavy atom. The minimum absolute atomic E-state index is 0.162. The lowest BCUT2D eigenvalue weighted by atomic mass is 9.84. The Kier molecular flexibility index (Phi) is 10.1. The molecular weight excluding hydrogens is 653 g/mol. The van der Waals surface area contributed by atoms with Gasteiger partial charge < -0.3 is 19.4 Å². The Bertz CT molecular complexity index is 1910. The van der Waals surface area contributed by atoms with E-state index in [1.54, 1.807) is 20.8 Å². The topological polar surface area (TPSA) is 128 Å². The zero-order valence-electron chi connectivity index (χ0n) is 30.1. The van der Waals surface area contributed by atoms with Crippen molar-refractivity contribution in [3.8, 4) is 22.5 Å². The first-order valence-corrected chi connectivity index (χ1v) is 18.4. The number of aromatic nitrogens is 3. The molecule has 266 valence electrons. The molecule has 11 nitrogen and oxygen atoms in total. The van der Waals surface area contributed by atoms with E-state index in [4.69, 9.17) is 19.4 Å². The average Bonchev–Trinajstić information content (AvgIpc) is 3.67. The van der Waals surface area contributed by atoms with Gasteiger partial charge in [-0.3, -0.25) is 19.6 Å². The highest BCUT2D eigenvalue weighted by Crippen LogP contribution is 2.41. The molecule has 6 bridgehead atoms. The zero-order chi connectivity index (χ0) is 35.8. The number of pyridine rings is 1. The molecule has 2 aliphatic heterocycles. The third-order valence-corrected chi connectivity index (χ3v) is 10.0. The smallest absolute Gasteiger partial charge is 0.408 e. The van der Waals surface area contributed by atoms with Crippen LogP contribution in [0.1, 0.15) is 77.6 Å². The molecular formula is C38H48N6O5S. The molecule has 50 heavy (non-hydrogen) atoms. The summed E-state index contributed by atoms with van der Waals surface area (Å²) in [6, 6.07) is 8.93. The van der Waals surface area contributed by atoms with Gasteiger partial charge in [0, 0.05) is 64.2 Å². The van der Waals surface area contributed by atoms with Crippen molar-refractivity contribution in [1.82, 2.24) is 30.3 Å². The summed E-state index contributed by atoms with van der Waals surface area (Å²) in [5, 5.41) is 8.02. The highest BCUT2D eigenvalue weighted by Gasteiger charge is 2.36. The van der Waals surface area contributed by atoms with E-state index in [0.717, 1.165) is 52.1 Å². The Balaban J connectivity index is 1.48. The van der Waals surface area contributed by atoms with Crippen LogP contribution >= 0.6 is 11.3 Å². The summed E-state index contributed by atoms with van der Waals surface area (Å²) in [5.74, 6) is -0.773. The lowest BCUT2D eigenvalue weighted by Crippen LogP contribution is -2.60. The molecule has 12 heteroatoms. The zero-order valence-corrected chi connectivity index (χ0v) is 30.9. The third-order valence-electron chi connectivity index (χ3n) is 9.18. The first kappa shape index (κ1) is 35.5. The fourth-order valence-electron chi connectivity index (χ4n) is 6.90. The largest absolute Gasteiger partial charge is 0.464 e. The number of rotatable bonds is 4. The van der Waals surface area contributed by atoms with Crippen LogP contribution in [0.4, 0.5) is 4.79 Å². The molecule has 2 amide bonds. The molecule has 2 aliphatic rings. The minimum Gasteiger partial charge on any atom is -0.464 e. The Hall–Kier alpha value is -4.29. The van der Waals surface area contributed by atoms with Gasteiger partial charge >= 0.3 is 12.1 Å². The van der Waals surface area contributed by atoms with E-state index in [1.165, 1.54) is 21.9 Å². The van der Waals surface area contributed by atoms with Gasteiger partial charge in [-0.2, -0.15) is 0 Å². The molecule has 3 aromatic heterocycles. The van der Waals surface area contributed by atoms with Gasteiger partial charge in [0.2, 0.25) is 0 Å². The molecule has 0 saturated carbocycles. The van der Waals surface area contributed by atoms with Gasteiger partial charge in [0.1, 0.15) is 17.7 Å². The summed E-state index contributed by atoms with van der Waals surface area (Å²) in [7, 11) is 0. The first-order chi connectivity index (χ1) is 23.8. The van der Waals surface area contributed by atoms with Gasteiger partial charge in [0.15, 0.2) is 0 Å². The maximum atomic E-state index is 14.0. The fourth-order valence-corrected chi connectivity index (χ4v) is 7.75. The number of hydrazine groups is 1. The predicted molar refractivity (Wildman–Crippen MR) is 195 cm³/mol. The Morgan fingerprint density at radius 3 is 2.74 bits per heavy atom. The summed E-state index contributed by atoms with van der Waals surface area (Å²) in [6.07, 6.45) is 3.90. The van der Waals surface area contributed by atoms with Gasteiger partial charge in [-0.1, -0.05) is 26.8 Å². The molecule has 0 unspecified atom stereocenters. The van der Waals surface area contributed by atoms with Crippen LogP contribution in [0.2, 0.25) is 0 Å². The van der Waals surface area contributed by atoms with E-state index >= 15 is 0 Å². The summed E-state index contributed by atoms with van der Waals surface area (Å²) < 4.78 is 13.9. The van der Waals surface area contributed by atoms with Crippen molar-refractivity contribution in [2.75, 3.05) is 13.2 Å². The molecule has 1 aromatic carbocycles. The van der Waals surface area contributed by atoms with E-state index in [2.05, 4.69) is 67.3 Å². The number of aryl methyl sites for hydroxylation is 2. The van der Waals surface area contributed by atoms with Crippen molar-refractivity contribution in [3.63, 3.8) is 0 Å². The molecule has 5 heterocycles. The molecule has 0 spiro atoms. The summed E-state index contributed by atoms with van der Waals surface area (Å²) >= 11 is 1.44. The first-order valence-electron chi connectivity index (χ1n) is 17.5. The molecule has 1 saturated heterocycles. The van der Waals surface area contributed by atoms with Crippen molar-refractivity contribution >= 4 is 40.2 Å². The molecule has 4 aromatic rings. The van der Waals surface area contributed by atoms with Crippen LogP contribution in [-0.2, 0) is 44.9 Å². The summed E-state index contributed by atoms with van der Waals surface area (Å²) in [6.45, 7) is 15.2. The monoisotopic (exact) mass is 700 g/mol. The Morgan fingerprint density at radius 1 is 1.20 bits per heavy atom. The maximum absolute atomic E-state index is 14.0. The molecule has 0 aliphatic carbocycles. The SMILES string of the molecule is CCc1ncccc1-c1c2c3cc(ccc3n1CC)-c1csc(n1)C[C@H](NC(=O)OC(C)(C)C)C(=O)N1CCC[C@H](N1)C(=O)OCC(C)(C)C2. The van der Waals surface area contributed by atoms with E-state index < -0.39 is 35.2 Å². The quantitative estimate of drug-likeness (QED) is 0.232. The number of cyclic esters (lactones) is 1. The highest BCUT2D eigenvalue weighted by atomic mass is 32.1. The van der Waals surface area contributed by atoms with E-state index in [9.17, 15) is 14.4 Å². The molecule has 2 atom stereocenters.